The molecule has 202 valence electrons. The Morgan fingerprint density at radius 3 is 2.75 bits per heavy atom. The summed E-state index contributed by atoms with van der Waals surface area (Å²) < 4.78 is 46.2. The maximum absolute atomic E-state index is 13.9. The molecule has 0 bridgehead atoms. The third kappa shape index (κ3) is 4.72. The smallest absolute Gasteiger partial charge is 0.251 e. The van der Waals surface area contributed by atoms with Gasteiger partial charge >= 0.3 is 0 Å². The van der Waals surface area contributed by atoms with Crippen molar-refractivity contribution < 1.29 is 17.9 Å². The summed E-state index contributed by atoms with van der Waals surface area (Å²) in [5.74, 6) is 2.02. The van der Waals surface area contributed by atoms with E-state index in [4.69, 9.17) is 4.74 Å². The molecule has 1 aliphatic carbocycles. The highest BCUT2D eigenvalue weighted by molar-refractivity contribution is 5.55. The average molecular weight is 510 g/mol. The molecule has 36 heavy (non-hydrogen) atoms. The maximum atomic E-state index is 13.9. The third-order valence-electron chi connectivity index (χ3n) is 9.48. The summed E-state index contributed by atoms with van der Waals surface area (Å²) in [6.07, 6.45) is 1.19. The summed E-state index contributed by atoms with van der Waals surface area (Å²) in [4.78, 5) is 4.31. The van der Waals surface area contributed by atoms with Crippen LogP contribution in [0.3, 0.4) is 0 Å². The van der Waals surface area contributed by atoms with Crippen molar-refractivity contribution in [2.45, 2.75) is 69.6 Å². The Balaban J connectivity index is 1.43. The summed E-state index contributed by atoms with van der Waals surface area (Å²) >= 11 is 0. The highest BCUT2D eigenvalue weighted by Gasteiger charge is 2.57. The monoisotopic (exact) mass is 509 g/mol. The van der Waals surface area contributed by atoms with E-state index in [0.29, 0.717) is 30.3 Å². The molecule has 9 heteroatoms. The standard InChI is InChI=1S/C27H42F3N5O/c1-17-11-20-21-13-31-33-24(21)8-7-22(20)27(2,35(17)16-26(29)30)23-6-5-18(12-25(23)36-3)32-19-14-34(15-19)10-4-9-28/h5-6,12,17,19-22,24,26,31-33H,4,7-11,13-16H2,1-3H3/t17-,20?,21?,22?,24?,27+/m1/s1. The van der Waals surface area contributed by atoms with Gasteiger partial charge in [0.2, 0.25) is 0 Å². The molecule has 3 N–H and O–H groups in total. The summed E-state index contributed by atoms with van der Waals surface area (Å²) in [6, 6.07) is 7.05. The van der Waals surface area contributed by atoms with Gasteiger partial charge in [0.1, 0.15) is 5.75 Å². The highest BCUT2D eigenvalue weighted by atomic mass is 19.3. The van der Waals surface area contributed by atoms with E-state index in [0.717, 1.165) is 62.4 Å². The third-order valence-corrected chi connectivity index (χ3v) is 9.48. The van der Waals surface area contributed by atoms with Crippen molar-refractivity contribution in [2.75, 3.05) is 51.8 Å². The first-order chi connectivity index (χ1) is 17.3. The number of nitrogens with one attached hydrogen (secondary N) is 3. The molecule has 3 heterocycles. The second-order valence-corrected chi connectivity index (χ2v) is 11.5. The van der Waals surface area contributed by atoms with Crippen LogP contribution in [-0.4, -0.2) is 80.9 Å². The molecular formula is C27H42F3N5O. The van der Waals surface area contributed by atoms with Gasteiger partial charge < -0.3 is 10.1 Å². The van der Waals surface area contributed by atoms with Crippen LogP contribution in [0.25, 0.3) is 0 Å². The molecule has 0 aromatic heterocycles. The lowest BCUT2D eigenvalue weighted by atomic mass is 9.57. The minimum atomic E-state index is -2.39. The van der Waals surface area contributed by atoms with E-state index in [1.807, 2.05) is 6.07 Å². The normalized spacial score (nSPS) is 35.4. The number of alkyl halides is 3. The number of piperidine rings is 1. The molecule has 0 radical (unpaired) electrons. The van der Waals surface area contributed by atoms with Crippen molar-refractivity contribution in [3.05, 3.63) is 23.8 Å². The van der Waals surface area contributed by atoms with E-state index < -0.39 is 12.0 Å². The molecular weight excluding hydrogens is 467 g/mol. The second-order valence-electron chi connectivity index (χ2n) is 11.5. The molecule has 6 atom stereocenters. The number of benzene rings is 1. The number of nitrogens with zero attached hydrogens (tertiary/aromatic N) is 2. The number of halogens is 3. The predicted molar refractivity (Wildman–Crippen MR) is 136 cm³/mol. The van der Waals surface area contributed by atoms with Crippen LogP contribution >= 0.6 is 0 Å². The molecule has 0 spiro atoms. The van der Waals surface area contributed by atoms with Gasteiger partial charge in [-0.2, -0.15) is 0 Å². The van der Waals surface area contributed by atoms with Crippen LogP contribution in [-0.2, 0) is 5.54 Å². The molecule has 3 aliphatic heterocycles. The van der Waals surface area contributed by atoms with Crippen molar-refractivity contribution in [1.82, 2.24) is 20.7 Å². The quantitative estimate of drug-likeness (QED) is 0.470. The van der Waals surface area contributed by atoms with Crippen molar-refractivity contribution in [3.63, 3.8) is 0 Å². The number of likely N-dealkylation sites (tertiary alicyclic amines) is 2. The first-order valence-electron chi connectivity index (χ1n) is 13.6. The summed E-state index contributed by atoms with van der Waals surface area (Å²) in [7, 11) is 1.68. The topological polar surface area (TPSA) is 51.8 Å². The molecule has 3 saturated heterocycles. The lowest BCUT2D eigenvalue weighted by Crippen LogP contribution is -2.63. The molecule has 4 unspecified atom stereocenters. The Labute approximate surface area is 213 Å². The zero-order chi connectivity index (χ0) is 25.4. The van der Waals surface area contributed by atoms with Crippen molar-refractivity contribution in [1.29, 1.82) is 0 Å². The van der Waals surface area contributed by atoms with E-state index in [-0.39, 0.29) is 25.2 Å². The van der Waals surface area contributed by atoms with Crippen LogP contribution in [0.2, 0.25) is 0 Å². The zero-order valence-electron chi connectivity index (χ0n) is 21.8. The number of anilines is 1. The first kappa shape index (κ1) is 26.1. The SMILES string of the molecule is COc1cc(NC2CN(CCCF)C2)ccc1[C@]1(C)C2CCC3NNCC3C2C[C@@H](C)N1CC(F)F. The fraction of sp³-hybridized carbons (Fsp3) is 0.778. The molecule has 5 rings (SSSR count). The molecule has 1 saturated carbocycles. The number of ether oxygens (including phenoxy) is 1. The van der Waals surface area contributed by atoms with Gasteiger partial charge in [0.15, 0.2) is 0 Å². The van der Waals surface area contributed by atoms with E-state index in [1.165, 1.54) is 0 Å². The Morgan fingerprint density at radius 1 is 1.22 bits per heavy atom. The van der Waals surface area contributed by atoms with Gasteiger partial charge in [-0.05, 0) is 63.4 Å². The van der Waals surface area contributed by atoms with Crippen LogP contribution in [0, 0.1) is 17.8 Å². The second kappa shape index (κ2) is 10.7. The van der Waals surface area contributed by atoms with Crippen molar-refractivity contribution in [2.24, 2.45) is 17.8 Å². The predicted octanol–water partition coefficient (Wildman–Crippen LogP) is 3.84. The van der Waals surface area contributed by atoms with Gasteiger partial charge in [-0.25, -0.2) is 8.78 Å². The van der Waals surface area contributed by atoms with Gasteiger partial charge in [-0.1, -0.05) is 6.07 Å². The lowest BCUT2D eigenvalue weighted by Gasteiger charge is -2.60. The molecule has 1 aromatic carbocycles. The molecule has 4 fully saturated rings. The summed E-state index contributed by atoms with van der Waals surface area (Å²) in [5, 5.41) is 3.58. The van der Waals surface area contributed by atoms with Crippen LogP contribution in [0.1, 0.15) is 45.1 Å². The highest BCUT2D eigenvalue weighted by Crippen LogP contribution is 2.56. The Hall–Kier alpha value is -1.55. The van der Waals surface area contributed by atoms with E-state index >= 15 is 0 Å². The van der Waals surface area contributed by atoms with Gasteiger partial charge in [0, 0.05) is 55.6 Å². The number of rotatable bonds is 9. The Bertz CT molecular complexity index is 900. The number of hydrogen-bond donors (Lipinski definition) is 3. The Morgan fingerprint density at radius 2 is 2.03 bits per heavy atom. The van der Waals surface area contributed by atoms with E-state index in [2.05, 4.69) is 51.9 Å². The minimum Gasteiger partial charge on any atom is -0.496 e. The van der Waals surface area contributed by atoms with Gasteiger partial charge in [-0.3, -0.25) is 25.0 Å². The van der Waals surface area contributed by atoms with Gasteiger partial charge in [0.05, 0.1) is 31.9 Å². The number of hydrogen-bond acceptors (Lipinski definition) is 6. The Kier molecular flexibility index (Phi) is 7.73. The fourth-order valence-corrected chi connectivity index (χ4v) is 7.83. The fourth-order valence-electron chi connectivity index (χ4n) is 7.83. The molecule has 4 aliphatic rings. The van der Waals surface area contributed by atoms with Crippen LogP contribution in [0.4, 0.5) is 18.9 Å². The van der Waals surface area contributed by atoms with Crippen molar-refractivity contribution >= 4 is 5.69 Å². The van der Waals surface area contributed by atoms with E-state index in [9.17, 15) is 13.2 Å². The summed E-state index contributed by atoms with van der Waals surface area (Å²) in [5.41, 5.74) is 8.25. The maximum Gasteiger partial charge on any atom is 0.251 e. The van der Waals surface area contributed by atoms with Crippen LogP contribution in [0.5, 0.6) is 5.75 Å². The molecule has 1 aromatic rings. The molecule has 0 amide bonds. The van der Waals surface area contributed by atoms with Gasteiger partial charge in [0.25, 0.3) is 6.43 Å². The largest absolute Gasteiger partial charge is 0.496 e. The summed E-state index contributed by atoms with van der Waals surface area (Å²) in [6.45, 7) is 7.32. The van der Waals surface area contributed by atoms with Crippen LogP contribution in [0.15, 0.2) is 18.2 Å². The van der Waals surface area contributed by atoms with Gasteiger partial charge in [-0.15, -0.1) is 0 Å². The molecule has 6 nitrogen and oxygen atoms in total. The zero-order valence-corrected chi connectivity index (χ0v) is 21.8. The first-order valence-corrected chi connectivity index (χ1v) is 13.6. The number of methoxy groups -OCH3 is 1. The number of fused-ring (bicyclic) bond motifs is 3. The average Bonchev–Trinajstić information content (AvgIpc) is 3.32. The van der Waals surface area contributed by atoms with Crippen molar-refractivity contribution in [3.8, 4) is 5.75 Å². The van der Waals surface area contributed by atoms with Crippen LogP contribution < -0.4 is 20.9 Å². The number of hydrazine groups is 1. The van der Waals surface area contributed by atoms with E-state index in [1.54, 1.807) is 7.11 Å². The lowest BCUT2D eigenvalue weighted by molar-refractivity contribution is -0.116. The minimum absolute atomic E-state index is 0.0531.